The highest BCUT2D eigenvalue weighted by Gasteiger charge is 2.44. The Kier molecular flexibility index (Phi) is 2.47. The molecule has 2 unspecified atom stereocenters. The molecule has 0 saturated heterocycles. The molecular formula is C13H17BrO. The fourth-order valence-electron chi connectivity index (χ4n) is 2.44. The van der Waals surface area contributed by atoms with Crippen LogP contribution in [0.5, 0.6) is 0 Å². The maximum Gasteiger partial charge on any atom is 0.0996 e. The molecule has 1 aliphatic carbocycles. The summed E-state index contributed by atoms with van der Waals surface area (Å²) in [6.45, 7) is 6.35. The Labute approximate surface area is 99.6 Å². The molecule has 15 heavy (non-hydrogen) atoms. The molecule has 0 fully saturated rings. The van der Waals surface area contributed by atoms with Crippen molar-refractivity contribution >= 4 is 15.9 Å². The molecule has 0 saturated carbocycles. The predicted octanol–water partition coefficient (Wildman–Crippen LogP) is 3.34. The molecule has 0 aliphatic heterocycles. The zero-order valence-corrected chi connectivity index (χ0v) is 11.0. The fraction of sp³-hybridized carbons (Fsp3) is 0.538. The van der Waals surface area contributed by atoms with Crippen LogP contribution in [0.3, 0.4) is 0 Å². The van der Waals surface area contributed by atoms with Crippen molar-refractivity contribution in [1.29, 1.82) is 0 Å². The second kappa shape index (κ2) is 3.33. The summed E-state index contributed by atoms with van der Waals surface area (Å²) in [5.74, 6) is 0. The lowest BCUT2D eigenvalue weighted by atomic mass is 9.67. The molecule has 1 aromatic rings. The summed E-state index contributed by atoms with van der Waals surface area (Å²) >= 11 is 3.61. The first-order chi connectivity index (χ1) is 6.86. The van der Waals surface area contributed by atoms with E-state index in [1.165, 1.54) is 5.56 Å². The smallest absolute Gasteiger partial charge is 0.0996 e. The summed E-state index contributed by atoms with van der Waals surface area (Å²) in [6.07, 6.45) is 0.955. The maximum atomic E-state index is 10.5. The average molecular weight is 269 g/mol. The Morgan fingerprint density at radius 3 is 2.33 bits per heavy atom. The van der Waals surface area contributed by atoms with Gasteiger partial charge in [-0.1, -0.05) is 54.0 Å². The Morgan fingerprint density at radius 1 is 1.20 bits per heavy atom. The minimum Gasteiger partial charge on any atom is -0.384 e. The molecule has 0 heterocycles. The van der Waals surface area contributed by atoms with Crippen LogP contribution in [0, 0.1) is 0 Å². The summed E-state index contributed by atoms with van der Waals surface area (Å²) in [6, 6.07) is 8.20. The van der Waals surface area contributed by atoms with Crippen molar-refractivity contribution < 1.29 is 5.11 Å². The van der Waals surface area contributed by atoms with Crippen molar-refractivity contribution in [2.75, 3.05) is 0 Å². The van der Waals surface area contributed by atoms with Gasteiger partial charge in [0.1, 0.15) is 0 Å². The first kappa shape index (κ1) is 11.2. The third-order valence-corrected chi connectivity index (χ3v) is 4.72. The highest BCUT2D eigenvalue weighted by atomic mass is 79.9. The summed E-state index contributed by atoms with van der Waals surface area (Å²) in [4.78, 5) is 0.120. The molecule has 0 aromatic heterocycles. The minimum atomic E-state index is -0.758. The SMILES string of the molecule is CC1(C)CC(Br)C(C)(O)c2ccccc21. The summed E-state index contributed by atoms with van der Waals surface area (Å²) in [5, 5.41) is 10.5. The third kappa shape index (κ3) is 1.64. The molecule has 82 valence electrons. The van der Waals surface area contributed by atoms with E-state index < -0.39 is 5.60 Å². The van der Waals surface area contributed by atoms with Crippen LogP contribution >= 0.6 is 15.9 Å². The first-order valence-electron chi connectivity index (χ1n) is 5.32. The highest BCUT2D eigenvalue weighted by molar-refractivity contribution is 9.09. The maximum absolute atomic E-state index is 10.5. The molecular weight excluding hydrogens is 252 g/mol. The van der Waals surface area contributed by atoms with Crippen LogP contribution in [-0.2, 0) is 11.0 Å². The predicted molar refractivity (Wildman–Crippen MR) is 66.4 cm³/mol. The monoisotopic (exact) mass is 268 g/mol. The number of fused-ring (bicyclic) bond motifs is 1. The summed E-state index contributed by atoms with van der Waals surface area (Å²) < 4.78 is 0. The molecule has 0 amide bonds. The second-order valence-electron chi connectivity index (χ2n) is 5.25. The van der Waals surface area contributed by atoms with E-state index in [9.17, 15) is 5.11 Å². The van der Waals surface area contributed by atoms with Crippen LogP contribution in [0.4, 0.5) is 0 Å². The van der Waals surface area contributed by atoms with Gasteiger partial charge < -0.3 is 5.11 Å². The Hall–Kier alpha value is -0.340. The number of aliphatic hydroxyl groups is 1. The lowest BCUT2D eigenvalue weighted by molar-refractivity contribution is 0.0370. The van der Waals surface area contributed by atoms with Gasteiger partial charge in [-0.15, -0.1) is 0 Å². The zero-order valence-electron chi connectivity index (χ0n) is 9.42. The second-order valence-corrected chi connectivity index (χ2v) is 6.35. The lowest BCUT2D eigenvalue weighted by Gasteiger charge is -2.44. The largest absolute Gasteiger partial charge is 0.384 e. The summed E-state index contributed by atoms with van der Waals surface area (Å²) in [5.41, 5.74) is 1.70. The molecule has 1 aliphatic rings. The standard InChI is InChI=1S/C13H17BrO/c1-12(2)8-11(14)13(3,15)10-7-5-4-6-9(10)12/h4-7,11,15H,8H2,1-3H3. The van der Waals surface area contributed by atoms with Gasteiger partial charge in [0.2, 0.25) is 0 Å². The Morgan fingerprint density at radius 2 is 1.73 bits per heavy atom. The molecule has 0 spiro atoms. The molecule has 1 N–H and O–H groups in total. The van der Waals surface area contributed by atoms with Crippen LogP contribution in [0.2, 0.25) is 0 Å². The van der Waals surface area contributed by atoms with Gasteiger partial charge in [-0.2, -0.15) is 0 Å². The molecule has 1 aromatic carbocycles. The van der Waals surface area contributed by atoms with E-state index in [1.54, 1.807) is 0 Å². The van der Waals surface area contributed by atoms with Crippen molar-refractivity contribution in [3.05, 3.63) is 35.4 Å². The van der Waals surface area contributed by atoms with Crippen molar-refractivity contribution in [1.82, 2.24) is 0 Å². The molecule has 0 radical (unpaired) electrons. The first-order valence-corrected chi connectivity index (χ1v) is 6.24. The van der Waals surface area contributed by atoms with Crippen LogP contribution < -0.4 is 0 Å². The summed E-state index contributed by atoms with van der Waals surface area (Å²) in [7, 11) is 0. The van der Waals surface area contributed by atoms with Crippen LogP contribution in [-0.4, -0.2) is 9.93 Å². The normalized spacial score (nSPS) is 33.5. The molecule has 2 heteroatoms. The Bertz CT molecular complexity index is 382. The van der Waals surface area contributed by atoms with Crippen molar-refractivity contribution in [3.8, 4) is 0 Å². The van der Waals surface area contributed by atoms with Gasteiger partial charge in [0.25, 0.3) is 0 Å². The van der Waals surface area contributed by atoms with E-state index in [0.717, 1.165) is 12.0 Å². The van der Waals surface area contributed by atoms with E-state index in [1.807, 2.05) is 25.1 Å². The molecule has 1 nitrogen and oxygen atoms in total. The Balaban J connectivity index is 2.64. The topological polar surface area (TPSA) is 20.2 Å². The fourth-order valence-corrected chi connectivity index (χ4v) is 3.50. The van der Waals surface area contributed by atoms with Crippen molar-refractivity contribution in [2.45, 2.75) is 43.0 Å². The van der Waals surface area contributed by atoms with E-state index in [4.69, 9.17) is 0 Å². The highest BCUT2D eigenvalue weighted by Crippen LogP contribution is 2.47. The van der Waals surface area contributed by atoms with Gasteiger partial charge in [0.05, 0.1) is 5.60 Å². The van der Waals surface area contributed by atoms with E-state index in [0.29, 0.717) is 0 Å². The van der Waals surface area contributed by atoms with Gasteiger partial charge in [0.15, 0.2) is 0 Å². The molecule has 2 atom stereocenters. The van der Waals surface area contributed by atoms with Gasteiger partial charge >= 0.3 is 0 Å². The average Bonchev–Trinajstić information content (AvgIpc) is 2.15. The number of benzene rings is 1. The number of rotatable bonds is 0. The third-order valence-electron chi connectivity index (χ3n) is 3.50. The number of halogens is 1. The number of hydrogen-bond donors (Lipinski definition) is 1. The van der Waals surface area contributed by atoms with Crippen LogP contribution in [0.25, 0.3) is 0 Å². The van der Waals surface area contributed by atoms with Gasteiger partial charge in [-0.3, -0.25) is 0 Å². The van der Waals surface area contributed by atoms with E-state index in [2.05, 4.69) is 35.8 Å². The molecule has 0 bridgehead atoms. The number of hydrogen-bond acceptors (Lipinski definition) is 1. The van der Waals surface area contributed by atoms with Crippen LogP contribution in [0.1, 0.15) is 38.3 Å². The van der Waals surface area contributed by atoms with Gasteiger partial charge in [-0.25, -0.2) is 0 Å². The lowest BCUT2D eigenvalue weighted by Crippen LogP contribution is -2.43. The quantitative estimate of drug-likeness (QED) is 0.716. The number of alkyl halides is 1. The van der Waals surface area contributed by atoms with E-state index >= 15 is 0 Å². The van der Waals surface area contributed by atoms with Crippen LogP contribution in [0.15, 0.2) is 24.3 Å². The van der Waals surface area contributed by atoms with Crippen molar-refractivity contribution in [3.63, 3.8) is 0 Å². The van der Waals surface area contributed by atoms with Gasteiger partial charge in [-0.05, 0) is 29.9 Å². The van der Waals surface area contributed by atoms with E-state index in [-0.39, 0.29) is 10.2 Å². The van der Waals surface area contributed by atoms with Gasteiger partial charge in [0, 0.05) is 4.83 Å². The van der Waals surface area contributed by atoms with Crippen molar-refractivity contribution in [2.24, 2.45) is 0 Å². The minimum absolute atomic E-state index is 0.120. The molecule has 2 rings (SSSR count). The zero-order chi connectivity index (χ0) is 11.3.